The molecule has 158 valence electrons. The summed E-state index contributed by atoms with van der Waals surface area (Å²) >= 11 is 1.60. The van der Waals surface area contributed by atoms with E-state index in [0.717, 1.165) is 34.9 Å². The van der Waals surface area contributed by atoms with E-state index in [4.69, 9.17) is 9.47 Å². The molecular weight excluding hydrogens is 408 g/mol. The third-order valence-corrected chi connectivity index (χ3v) is 6.72. The maximum Gasteiger partial charge on any atom is 0.161 e. The van der Waals surface area contributed by atoms with E-state index in [2.05, 4.69) is 23.5 Å². The van der Waals surface area contributed by atoms with E-state index in [9.17, 15) is 10.1 Å². The molecular formula is C25H24N2O3S. The van der Waals surface area contributed by atoms with Gasteiger partial charge in [-0.25, -0.2) is 0 Å². The molecule has 1 heterocycles. The number of thioether (sulfide) groups is 1. The second-order valence-corrected chi connectivity index (χ2v) is 8.46. The molecule has 2 aromatic rings. The standard InChI is InChI=1S/C25H24N2O3S/c1-29-21-12-11-17(13-22(21)30-2)23-18(14-26)25(31-15-16-7-4-3-5-8-16)27-19-9-6-10-20(28)24(19)23/h3-5,7-8,11-13,23,27H,6,9-10,15H2,1-2H3/t23-/m0/s1. The molecule has 1 N–H and O–H groups in total. The van der Waals surface area contributed by atoms with Crippen LogP contribution in [0, 0.1) is 11.3 Å². The number of nitrogens with zero attached hydrogens (tertiary/aromatic N) is 1. The summed E-state index contributed by atoms with van der Waals surface area (Å²) in [7, 11) is 3.18. The Morgan fingerprint density at radius 3 is 2.58 bits per heavy atom. The fraction of sp³-hybridized carbons (Fsp3) is 0.280. The van der Waals surface area contributed by atoms with Gasteiger partial charge >= 0.3 is 0 Å². The van der Waals surface area contributed by atoms with Crippen molar-refractivity contribution in [3.05, 3.63) is 81.5 Å². The number of methoxy groups -OCH3 is 2. The van der Waals surface area contributed by atoms with E-state index in [1.165, 1.54) is 5.56 Å². The van der Waals surface area contributed by atoms with Crippen molar-refractivity contribution in [2.24, 2.45) is 0 Å². The molecule has 0 saturated carbocycles. The molecule has 0 fully saturated rings. The molecule has 2 aromatic carbocycles. The SMILES string of the molecule is COc1ccc([C@H]2C(C#N)=C(SCc3ccccc3)NC3=C2C(=O)CCC3)cc1OC. The Kier molecular flexibility index (Phi) is 6.34. The Morgan fingerprint density at radius 2 is 1.87 bits per heavy atom. The average molecular weight is 433 g/mol. The third kappa shape index (κ3) is 4.19. The number of nitrogens with one attached hydrogen (secondary N) is 1. The molecule has 1 atom stereocenters. The second-order valence-electron chi connectivity index (χ2n) is 7.47. The van der Waals surface area contributed by atoms with Crippen LogP contribution in [0.3, 0.4) is 0 Å². The Hall–Kier alpha value is -3.17. The van der Waals surface area contributed by atoms with Gasteiger partial charge in [0.25, 0.3) is 0 Å². The minimum Gasteiger partial charge on any atom is -0.493 e. The van der Waals surface area contributed by atoms with Crippen molar-refractivity contribution in [2.75, 3.05) is 14.2 Å². The third-order valence-electron chi connectivity index (χ3n) is 5.63. The van der Waals surface area contributed by atoms with Gasteiger partial charge in [0.2, 0.25) is 0 Å². The van der Waals surface area contributed by atoms with E-state index >= 15 is 0 Å². The summed E-state index contributed by atoms with van der Waals surface area (Å²) < 4.78 is 10.9. The van der Waals surface area contributed by atoms with Gasteiger partial charge in [0.05, 0.1) is 36.8 Å². The van der Waals surface area contributed by atoms with Crippen molar-refractivity contribution in [3.8, 4) is 17.6 Å². The smallest absolute Gasteiger partial charge is 0.161 e. The lowest BCUT2D eigenvalue weighted by molar-refractivity contribution is -0.116. The van der Waals surface area contributed by atoms with Gasteiger partial charge in [0.1, 0.15) is 0 Å². The summed E-state index contributed by atoms with van der Waals surface area (Å²) in [4.78, 5) is 12.9. The van der Waals surface area contributed by atoms with Gasteiger partial charge in [-0.15, -0.1) is 11.8 Å². The molecule has 1 aliphatic heterocycles. The Labute approximate surface area is 186 Å². The van der Waals surface area contributed by atoms with Crippen molar-refractivity contribution in [3.63, 3.8) is 0 Å². The first-order valence-corrected chi connectivity index (χ1v) is 11.2. The largest absolute Gasteiger partial charge is 0.493 e. The second kappa shape index (κ2) is 9.32. The molecule has 0 amide bonds. The molecule has 0 radical (unpaired) electrons. The molecule has 0 saturated heterocycles. The van der Waals surface area contributed by atoms with Crippen LogP contribution < -0.4 is 14.8 Å². The van der Waals surface area contributed by atoms with Gasteiger partial charge in [-0.1, -0.05) is 36.4 Å². The number of hydrogen-bond donors (Lipinski definition) is 1. The van der Waals surface area contributed by atoms with Crippen molar-refractivity contribution in [1.82, 2.24) is 5.32 Å². The van der Waals surface area contributed by atoms with Crippen molar-refractivity contribution in [2.45, 2.75) is 30.9 Å². The lowest BCUT2D eigenvalue weighted by Gasteiger charge is -2.33. The monoisotopic (exact) mass is 432 g/mol. The van der Waals surface area contributed by atoms with Gasteiger partial charge in [0, 0.05) is 23.4 Å². The minimum absolute atomic E-state index is 0.105. The first-order chi connectivity index (χ1) is 15.2. The number of benzene rings is 2. The molecule has 5 nitrogen and oxygen atoms in total. The number of rotatable bonds is 6. The molecule has 1 aliphatic carbocycles. The van der Waals surface area contributed by atoms with Crippen molar-refractivity contribution in [1.29, 1.82) is 5.26 Å². The Bertz CT molecular complexity index is 1100. The van der Waals surface area contributed by atoms with Gasteiger partial charge in [-0.3, -0.25) is 4.79 Å². The van der Waals surface area contributed by atoms with Crippen LogP contribution in [0.1, 0.15) is 36.3 Å². The maximum atomic E-state index is 12.9. The van der Waals surface area contributed by atoms with Crippen LogP contribution >= 0.6 is 11.8 Å². The highest BCUT2D eigenvalue weighted by molar-refractivity contribution is 8.02. The first kappa shape index (κ1) is 21.1. The van der Waals surface area contributed by atoms with Gasteiger partial charge in [-0.2, -0.15) is 5.26 Å². The quantitative estimate of drug-likeness (QED) is 0.687. The zero-order chi connectivity index (χ0) is 21.8. The minimum atomic E-state index is -0.410. The highest BCUT2D eigenvalue weighted by Crippen LogP contribution is 2.45. The molecule has 0 aromatic heterocycles. The Morgan fingerprint density at radius 1 is 1.10 bits per heavy atom. The number of carbonyl (C=O) groups is 1. The van der Waals surface area contributed by atoms with Crippen LogP contribution in [-0.2, 0) is 10.5 Å². The van der Waals surface area contributed by atoms with Crippen LogP contribution in [0.15, 0.2) is 70.4 Å². The number of dihydropyridines is 1. The number of allylic oxidation sites excluding steroid dienone is 3. The van der Waals surface area contributed by atoms with Crippen LogP contribution in [-0.4, -0.2) is 20.0 Å². The molecule has 2 aliphatic rings. The fourth-order valence-electron chi connectivity index (χ4n) is 4.13. The number of ketones is 1. The van der Waals surface area contributed by atoms with Crippen LogP contribution in [0.5, 0.6) is 11.5 Å². The zero-order valence-corrected chi connectivity index (χ0v) is 18.4. The molecule has 0 spiro atoms. The number of nitriles is 1. The summed E-state index contributed by atoms with van der Waals surface area (Å²) in [6.45, 7) is 0. The number of hydrogen-bond acceptors (Lipinski definition) is 6. The van der Waals surface area contributed by atoms with Gasteiger partial charge in [0.15, 0.2) is 17.3 Å². The van der Waals surface area contributed by atoms with Crippen molar-refractivity contribution < 1.29 is 14.3 Å². The molecule has 31 heavy (non-hydrogen) atoms. The summed E-state index contributed by atoms with van der Waals surface area (Å²) in [5.41, 5.74) is 4.25. The van der Waals surface area contributed by atoms with E-state index in [-0.39, 0.29) is 5.78 Å². The molecule has 0 unspecified atom stereocenters. The lowest BCUT2D eigenvalue weighted by Crippen LogP contribution is -2.31. The molecule has 6 heteroatoms. The van der Waals surface area contributed by atoms with E-state index in [1.807, 2.05) is 36.4 Å². The fourth-order valence-corrected chi connectivity index (χ4v) is 5.15. The lowest BCUT2D eigenvalue weighted by atomic mass is 9.77. The van der Waals surface area contributed by atoms with E-state index < -0.39 is 5.92 Å². The summed E-state index contributed by atoms with van der Waals surface area (Å²) in [6.07, 6.45) is 2.14. The predicted molar refractivity (Wildman–Crippen MR) is 122 cm³/mol. The Balaban J connectivity index is 1.78. The number of carbonyl (C=O) groups excluding carboxylic acids is 1. The number of Topliss-reactive ketones (excluding diaryl/α,β-unsaturated/α-hetero) is 1. The van der Waals surface area contributed by atoms with Crippen LogP contribution in [0.2, 0.25) is 0 Å². The maximum absolute atomic E-state index is 12.9. The highest BCUT2D eigenvalue weighted by Gasteiger charge is 2.37. The zero-order valence-electron chi connectivity index (χ0n) is 17.6. The topological polar surface area (TPSA) is 71.3 Å². The van der Waals surface area contributed by atoms with E-state index in [1.54, 1.807) is 26.0 Å². The summed E-state index contributed by atoms with van der Waals surface area (Å²) in [6, 6.07) is 18.2. The predicted octanol–water partition coefficient (Wildman–Crippen LogP) is 5.07. The molecule has 0 bridgehead atoms. The summed E-state index contributed by atoms with van der Waals surface area (Å²) in [5.74, 6) is 1.63. The van der Waals surface area contributed by atoms with Crippen molar-refractivity contribution >= 4 is 17.5 Å². The van der Waals surface area contributed by atoms with Crippen LogP contribution in [0.4, 0.5) is 0 Å². The number of ether oxygens (including phenoxy) is 2. The van der Waals surface area contributed by atoms with E-state index in [0.29, 0.717) is 29.1 Å². The average Bonchev–Trinajstić information content (AvgIpc) is 2.82. The van der Waals surface area contributed by atoms with Gasteiger partial charge in [-0.05, 0) is 36.1 Å². The summed E-state index contributed by atoms with van der Waals surface area (Å²) in [5, 5.41) is 14.4. The van der Waals surface area contributed by atoms with Crippen LogP contribution in [0.25, 0.3) is 0 Å². The first-order valence-electron chi connectivity index (χ1n) is 10.2. The van der Waals surface area contributed by atoms with Gasteiger partial charge < -0.3 is 14.8 Å². The highest BCUT2D eigenvalue weighted by atomic mass is 32.2. The normalized spacial score (nSPS) is 18.2. The molecule has 4 rings (SSSR count).